The number of nitrogens with one attached hydrogen (secondary N) is 2. The number of aromatic nitrogens is 3. The molecule has 25 heavy (non-hydrogen) atoms. The van der Waals surface area contributed by atoms with Crippen LogP contribution in [0, 0.1) is 13.8 Å². The maximum absolute atomic E-state index is 12.5. The van der Waals surface area contributed by atoms with E-state index in [0.29, 0.717) is 36.4 Å². The largest absolute Gasteiger partial charge is 0.462 e. The molecular formula is C15H14N4O4S2. The van der Waals surface area contributed by atoms with Crippen molar-refractivity contribution in [2.75, 3.05) is 11.9 Å². The molecule has 130 valence electrons. The summed E-state index contributed by atoms with van der Waals surface area (Å²) in [7, 11) is 0. The first-order valence-corrected chi connectivity index (χ1v) is 8.98. The van der Waals surface area contributed by atoms with Gasteiger partial charge in [-0.2, -0.15) is 0 Å². The number of rotatable bonds is 4. The Morgan fingerprint density at radius 1 is 1.28 bits per heavy atom. The van der Waals surface area contributed by atoms with Crippen LogP contribution in [0.1, 0.15) is 37.5 Å². The van der Waals surface area contributed by atoms with Crippen LogP contribution in [-0.4, -0.2) is 33.4 Å². The van der Waals surface area contributed by atoms with E-state index in [9.17, 15) is 14.4 Å². The van der Waals surface area contributed by atoms with Crippen LogP contribution in [0.5, 0.6) is 0 Å². The van der Waals surface area contributed by atoms with Crippen molar-refractivity contribution >= 4 is 49.9 Å². The Hall–Kier alpha value is -2.59. The van der Waals surface area contributed by atoms with Gasteiger partial charge in [0.2, 0.25) is 0 Å². The molecule has 0 saturated carbocycles. The fourth-order valence-electron chi connectivity index (χ4n) is 2.28. The molecule has 0 aliphatic heterocycles. The number of aryl methyl sites for hydroxylation is 2. The lowest BCUT2D eigenvalue weighted by Crippen LogP contribution is -2.12. The number of carbonyl (C=O) groups is 2. The number of carbonyl (C=O) groups excluding carboxylic acids is 2. The van der Waals surface area contributed by atoms with E-state index >= 15 is 0 Å². The molecule has 0 saturated heterocycles. The molecule has 0 aromatic carbocycles. The summed E-state index contributed by atoms with van der Waals surface area (Å²) in [6, 6.07) is 0. The molecular weight excluding hydrogens is 364 g/mol. The number of H-pyrrole nitrogens is 1. The highest BCUT2D eigenvalue weighted by molar-refractivity contribution is 7.21. The van der Waals surface area contributed by atoms with Gasteiger partial charge in [-0.15, -0.1) is 11.3 Å². The molecule has 0 aliphatic rings. The standard InChI is InChI=1S/C15H14N4O4S2/c1-4-23-14(22)10-7(3)18-15(25-10)19-12(21)9-6(2)8-11(20)16-5-17-13(8)24-9/h5H,4H2,1-3H3,(H,16,17,20)(H,18,19,21). The molecule has 0 unspecified atom stereocenters. The minimum Gasteiger partial charge on any atom is -0.462 e. The number of hydrogen-bond acceptors (Lipinski definition) is 8. The number of ether oxygens (including phenoxy) is 1. The lowest BCUT2D eigenvalue weighted by atomic mass is 10.2. The molecule has 2 N–H and O–H groups in total. The lowest BCUT2D eigenvalue weighted by molar-refractivity contribution is 0.0531. The monoisotopic (exact) mass is 378 g/mol. The van der Waals surface area contributed by atoms with Gasteiger partial charge in [-0.1, -0.05) is 11.3 Å². The molecule has 1 amide bonds. The average Bonchev–Trinajstić information content (AvgIpc) is 3.09. The van der Waals surface area contributed by atoms with E-state index < -0.39 is 11.9 Å². The lowest BCUT2D eigenvalue weighted by Gasteiger charge is -2.00. The van der Waals surface area contributed by atoms with Crippen molar-refractivity contribution in [3.8, 4) is 0 Å². The molecule has 3 aromatic heterocycles. The van der Waals surface area contributed by atoms with Gasteiger partial charge >= 0.3 is 5.97 Å². The van der Waals surface area contributed by atoms with Crippen LogP contribution in [0.4, 0.5) is 5.13 Å². The number of aromatic amines is 1. The molecule has 0 spiro atoms. The number of anilines is 1. The van der Waals surface area contributed by atoms with Gasteiger partial charge in [0, 0.05) is 0 Å². The van der Waals surface area contributed by atoms with Gasteiger partial charge in [-0.05, 0) is 26.3 Å². The minimum absolute atomic E-state index is 0.264. The van der Waals surface area contributed by atoms with E-state index in [1.807, 2.05) is 0 Å². The third kappa shape index (κ3) is 3.17. The summed E-state index contributed by atoms with van der Waals surface area (Å²) in [6.07, 6.45) is 1.30. The van der Waals surface area contributed by atoms with E-state index in [2.05, 4.69) is 20.3 Å². The number of hydrogen-bond donors (Lipinski definition) is 2. The highest BCUT2D eigenvalue weighted by Crippen LogP contribution is 2.29. The van der Waals surface area contributed by atoms with Gasteiger partial charge in [0.15, 0.2) is 5.13 Å². The third-order valence-electron chi connectivity index (χ3n) is 3.42. The third-order valence-corrected chi connectivity index (χ3v) is 5.67. The van der Waals surface area contributed by atoms with Gasteiger partial charge in [0.1, 0.15) is 9.71 Å². The molecule has 3 aromatic rings. The first-order chi connectivity index (χ1) is 11.9. The zero-order valence-electron chi connectivity index (χ0n) is 13.6. The maximum Gasteiger partial charge on any atom is 0.350 e. The SMILES string of the molecule is CCOC(=O)c1sc(NC(=O)c2sc3nc[nH]c(=O)c3c2C)nc1C. The number of amides is 1. The maximum atomic E-state index is 12.5. The Labute approximate surface area is 149 Å². The Balaban J connectivity index is 1.90. The van der Waals surface area contributed by atoms with Crippen LogP contribution >= 0.6 is 22.7 Å². The Bertz CT molecular complexity index is 1030. The van der Waals surface area contributed by atoms with Crippen LogP contribution in [0.15, 0.2) is 11.1 Å². The van der Waals surface area contributed by atoms with Crippen LogP contribution in [-0.2, 0) is 4.74 Å². The van der Waals surface area contributed by atoms with Crippen LogP contribution in [0.25, 0.3) is 10.2 Å². The fourth-order valence-corrected chi connectivity index (χ4v) is 4.19. The average molecular weight is 378 g/mol. The molecule has 0 radical (unpaired) electrons. The molecule has 8 nitrogen and oxygen atoms in total. The summed E-state index contributed by atoms with van der Waals surface area (Å²) in [4.78, 5) is 48.3. The second-order valence-corrected chi connectivity index (χ2v) is 7.07. The van der Waals surface area contributed by atoms with E-state index in [-0.39, 0.29) is 12.2 Å². The Morgan fingerprint density at radius 3 is 2.72 bits per heavy atom. The Morgan fingerprint density at radius 2 is 2.04 bits per heavy atom. The smallest absolute Gasteiger partial charge is 0.350 e. The van der Waals surface area contributed by atoms with Crippen molar-refractivity contribution in [3.63, 3.8) is 0 Å². The van der Waals surface area contributed by atoms with Crippen molar-refractivity contribution in [3.05, 3.63) is 37.7 Å². The van der Waals surface area contributed by atoms with Crippen molar-refractivity contribution in [1.82, 2.24) is 15.0 Å². The van der Waals surface area contributed by atoms with Gasteiger partial charge in [0.05, 0.1) is 28.9 Å². The normalized spacial score (nSPS) is 10.8. The second kappa shape index (κ2) is 6.73. The summed E-state index contributed by atoms with van der Waals surface area (Å²) in [5.41, 5.74) is 0.767. The first kappa shape index (κ1) is 17.2. The number of nitrogens with zero attached hydrogens (tertiary/aromatic N) is 2. The molecule has 3 heterocycles. The van der Waals surface area contributed by atoms with Gasteiger partial charge < -0.3 is 9.72 Å². The highest BCUT2D eigenvalue weighted by atomic mass is 32.1. The molecule has 0 atom stereocenters. The topological polar surface area (TPSA) is 114 Å². The van der Waals surface area contributed by atoms with Gasteiger partial charge in [-0.3, -0.25) is 14.9 Å². The van der Waals surface area contributed by atoms with Crippen LogP contribution < -0.4 is 10.9 Å². The summed E-state index contributed by atoms with van der Waals surface area (Å²) in [6.45, 7) is 5.35. The van der Waals surface area contributed by atoms with Gasteiger partial charge in [0.25, 0.3) is 11.5 Å². The predicted octanol–water partition coefficient (Wildman–Crippen LogP) is 2.49. The molecule has 0 fully saturated rings. The Kier molecular flexibility index (Phi) is 4.64. The zero-order valence-corrected chi connectivity index (χ0v) is 15.3. The van der Waals surface area contributed by atoms with Crippen molar-refractivity contribution in [2.45, 2.75) is 20.8 Å². The number of thiazole rings is 1. The highest BCUT2D eigenvalue weighted by Gasteiger charge is 2.21. The summed E-state index contributed by atoms with van der Waals surface area (Å²) in [5.74, 6) is -0.865. The van der Waals surface area contributed by atoms with Gasteiger partial charge in [-0.25, -0.2) is 14.8 Å². The number of thiophene rings is 1. The summed E-state index contributed by atoms with van der Waals surface area (Å²) in [5, 5.41) is 3.37. The second-order valence-electron chi connectivity index (χ2n) is 5.08. The quantitative estimate of drug-likeness (QED) is 0.674. The molecule has 0 bridgehead atoms. The van der Waals surface area contributed by atoms with E-state index in [0.717, 1.165) is 22.7 Å². The predicted molar refractivity (Wildman–Crippen MR) is 95.7 cm³/mol. The van der Waals surface area contributed by atoms with E-state index in [1.54, 1.807) is 20.8 Å². The minimum atomic E-state index is -0.466. The van der Waals surface area contributed by atoms with Crippen LogP contribution in [0.3, 0.4) is 0 Å². The van der Waals surface area contributed by atoms with Crippen molar-refractivity contribution in [2.24, 2.45) is 0 Å². The summed E-state index contributed by atoms with van der Waals surface area (Å²) < 4.78 is 4.96. The number of esters is 1. The van der Waals surface area contributed by atoms with Crippen molar-refractivity contribution < 1.29 is 14.3 Å². The van der Waals surface area contributed by atoms with E-state index in [4.69, 9.17) is 4.74 Å². The zero-order chi connectivity index (χ0) is 18.1. The molecule has 3 rings (SSSR count). The molecule has 0 aliphatic carbocycles. The van der Waals surface area contributed by atoms with Crippen LogP contribution in [0.2, 0.25) is 0 Å². The van der Waals surface area contributed by atoms with Crippen molar-refractivity contribution in [1.29, 1.82) is 0 Å². The number of fused-ring (bicyclic) bond motifs is 1. The molecule has 10 heteroatoms. The van der Waals surface area contributed by atoms with E-state index in [1.165, 1.54) is 6.33 Å². The fraction of sp³-hybridized carbons (Fsp3) is 0.267. The first-order valence-electron chi connectivity index (χ1n) is 7.35. The summed E-state index contributed by atoms with van der Waals surface area (Å²) >= 11 is 2.18.